The molecule has 1 aliphatic heterocycles. The number of likely N-dealkylation sites (tertiary alicyclic amines) is 1. The Hall–Kier alpha value is -1.36. The molecule has 2 rings (SSSR count). The molecule has 0 spiro atoms. The highest BCUT2D eigenvalue weighted by molar-refractivity contribution is 9.10. The van der Waals surface area contributed by atoms with Crippen molar-refractivity contribution in [2.75, 3.05) is 13.1 Å². The monoisotopic (exact) mass is 325 g/mol. The van der Waals surface area contributed by atoms with Gasteiger partial charge < -0.3 is 10.0 Å². The standard InChI is InChI=1S/C14H16BrNO3/c1-9-7-10(15)3-4-11(9)12(17)16-6-5-14(2,8-16)13(18)19/h3-4,7H,5-6,8H2,1-2H3,(H,18,19)/t14-/m1/s1. The van der Waals surface area contributed by atoms with E-state index in [1.54, 1.807) is 17.9 Å². The molecular formula is C14H16BrNO3. The summed E-state index contributed by atoms with van der Waals surface area (Å²) in [4.78, 5) is 25.2. The second-order valence-corrected chi connectivity index (χ2v) is 6.22. The van der Waals surface area contributed by atoms with E-state index in [9.17, 15) is 14.7 Å². The number of carboxylic acid groups (broad SMARTS) is 1. The highest BCUT2D eigenvalue weighted by Gasteiger charge is 2.42. The normalized spacial score (nSPS) is 22.6. The molecule has 1 aliphatic rings. The Morgan fingerprint density at radius 2 is 2.11 bits per heavy atom. The van der Waals surface area contributed by atoms with Crippen molar-refractivity contribution in [3.8, 4) is 0 Å². The van der Waals surface area contributed by atoms with Crippen LogP contribution in [0.4, 0.5) is 0 Å². The van der Waals surface area contributed by atoms with Crippen LogP contribution >= 0.6 is 15.9 Å². The molecular weight excluding hydrogens is 310 g/mol. The lowest BCUT2D eigenvalue weighted by Crippen LogP contribution is -2.35. The van der Waals surface area contributed by atoms with Gasteiger partial charge in [0.15, 0.2) is 0 Å². The minimum atomic E-state index is -0.838. The van der Waals surface area contributed by atoms with Gasteiger partial charge in [-0.2, -0.15) is 0 Å². The first kappa shape index (κ1) is 14.1. The van der Waals surface area contributed by atoms with Crippen molar-refractivity contribution in [2.24, 2.45) is 5.41 Å². The summed E-state index contributed by atoms with van der Waals surface area (Å²) in [5.74, 6) is -0.926. The Balaban J connectivity index is 2.20. The number of nitrogens with zero attached hydrogens (tertiary/aromatic N) is 1. The third-order valence-electron chi connectivity index (χ3n) is 3.70. The van der Waals surface area contributed by atoms with Crippen molar-refractivity contribution >= 4 is 27.8 Å². The van der Waals surface area contributed by atoms with Crippen LogP contribution in [-0.2, 0) is 4.79 Å². The second-order valence-electron chi connectivity index (χ2n) is 5.30. The summed E-state index contributed by atoms with van der Waals surface area (Å²) < 4.78 is 0.929. The molecule has 1 N–H and O–H groups in total. The number of carbonyl (C=O) groups is 2. The van der Waals surface area contributed by atoms with Gasteiger partial charge in [-0.1, -0.05) is 15.9 Å². The molecule has 4 nitrogen and oxygen atoms in total. The lowest BCUT2D eigenvalue weighted by molar-refractivity contribution is -0.147. The number of aliphatic carboxylic acids is 1. The van der Waals surface area contributed by atoms with Crippen molar-refractivity contribution in [3.63, 3.8) is 0 Å². The van der Waals surface area contributed by atoms with Gasteiger partial charge in [-0.3, -0.25) is 9.59 Å². The first-order valence-corrected chi connectivity index (χ1v) is 6.92. The predicted octanol–water partition coefficient (Wildman–Crippen LogP) is 2.69. The van der Waals surface area contributed by atoms with Crippen molar-refractivity contribution in [2.45, 2.75) is 20.3 Å². The molecule has 0 aliphatic carbocycles. The smallest absolute Gasteiger partial charge is 0.311 e. The van der Waals surface area contributed by atoms with Crippen LogP contribution in [0.1, 0.15) is 29.3 Å². The van der Waals surface area contributed by atoms with Gasteiger partial charge in [0.05, 0.1) is 5.41 Å². The molecule has 1 aromatic carbocycles. The first-order chi connectivity index (χ1) is 8.83. The Bertz CT molecular complexity index is 543. The van der Waals surface area contributed by atoms with Gasteiger partial charge in [-0.05, 0) is 44.0 Å². The van der Waals surface area contributed by atoms with E-state index in [1.165, 1.54) is 0 Å². The maximum absolute atomic E-state index is 12.4. The molecule has 0 aromatic heterocycles. The van der Waals surface area contributed by atoms with E-state index in [1.807, 2.05) is 19.1 Å². The van der Waals surface area contributed by atoms with E-state index < -0.39 is 11.4 Å². The van der Waals surface area contributed by atoms with Crippen LogP contribution in [0.2, 0.25) is 0 Å². The van der Waals surface area contributed by atoms with Crippen LogP contribution in [0.25, 0.3) is 0 Å². The number of carboxylic acids is 1. The van der Waals surface area contributed by atoms with Crippen molar-refractivity contribution in [3.05, 3.63) is 33.8 Å². The van der Waals surface area contributed by atoms with Gasteiger partial charge in [-0.25, -0.2) is 0 Å². The molecule has 1 heterocycles. The minimum Gasteiger partial charge on any atom is -0.481 e. The Kier molecular flexibility index (Phi) is 3.67. The van der Waals surface area contributed by atoms with Gasteiger partial charge >= 0.3 is 5.97 Å². The maximum Gasteiger partial charge on any atom is 0.311 e. The van der Waals surface area contributed by atoms with Gasteiger partial charge in [0.25, 0.3) is 5.91 Å². The molecule has 0 saturated carbocycles. The summed E-state index contributed by atoms with van der Waals surface area (Å²) in [7, 11) is 0. The molecule has 1 atom stereocenters. The zero-order chi connectivity index (χ0) is 14.2. The Morgan fingerprint density at radius 1 is 1.42 bits per heavy atom. The molecule has 0 bridgehead atoms. The van der Waals surface area contributed by atoms with E-state index in [-0.39, 0.29) is 12.5 Å². The first-order valence-electron chi connectivity index (χ1n) is 6.12. The lowest BCUT2D eigenvalue weighted by Gasteiger charge is -2.21. The van der Waals surface area contributed by atoms with Crippen LogP contribution in [0.3, 0.4) is 0 Å². The molecule has 1 fully saturated rings. The molecule has 19 heavy (non-hydrogen) atoms. The third-order valence-corrected chi connectivity index (χ3v) is 4.19. The van der Waals surface area contributed by atoms with Crippen LogP contribution in [-0.4, -0.2) is 35.0 Å². The molecule has 1 saturated heterocycles. The van der Waals surface area contributed by atoms with Gasteiger partial charge in [0.2, 0.25) is 0 Å². The van der Waals surface area contributed by atoms with Crippen LogP contribution in [0.15, 0.2) is 22.7 Å². The molecule has 0 unspecified atom stereocenters. The number of aryl methyl sites for hydroxylation is 1. The average Bonchev–Trinajstić information content (AvgIpc) is 2.73. The summed E-state index contributed by atoms with van der Waals surface area (Å²) >= 11 is 3.36. The van der Waals surface area contributed by atoms with E-state index in [2.05, 4.69) is 15.9 Å². The zero-order valence-corrected chi connectivity index (χ0v) is 12.5. The third kappa shape index (κ3) is 2.66. The van der Waals surface area contributed by atoms with Crippen LogP contribution in [0, 0.1) is 12.3 Å². The molecule has 0 radical (unpaired) electrons. The molecule has 1 amide bonds. The van der Waals surface area contributed by atoms with E-state index in [0.717, 1.165) is 10.0 Å². The number of rotatable bonds is 2. The van der Waals surface area contributed by atoms with Crippen LogP contribution in [0.5, 0.6) is 0 Å². The Labute approximate surface area is 120 Å². The fourth-order valence-electron chi connectivity index (χ4n) is 2.35. The summed E-state index contributed by atoms with van der Waals surface area (Å²) in [5, 5.41) is 9.19. The highest BCUT2D eigenvalue weighted by Crippen LogP contribution is 2.31. The quantitative estimate of drug-likeness (QED) is 0.909. The van der Waals surface area contributed by atoms with Crippen molar-refractivity contribution in [1.82, 2.24) is 4.90 Å². The van der Waals surface area contributed by atoms with Gasteiger partial charge in [0, 0.05) is 23.1 Å². The summed E-state index contributed by atoms with van der Waals surface area (Å²) in [6, 6.07) is 5.49. The van der Waals surface area contributed by atoms with E-state index in [4.69, 9.17) is 0 Å². The summed E-state index contributed by atoms with van der Waals surface area (Å²) in [6.45, 7) is 4.34. The number of carbonyl (C=O) groups excluding carboxylic acids is 1. The van der Waals surface area contributed by atoms with Gasteiger partial charge in [0.1, 0.15) is 0 Å². The molecule has 102 valence electrons. The zero-order valence-electron chi connectivity index (χ0n) is 10.9. The SMILES string of the molecule is Cc1cc(Br)ccc1C(=O)N1CC[C@@](C)(C(=O)O)C1. The molecule has 1 aromatic rings. The number of hydrogen-bond donors (Lipinski definition) is 1. The fourth-order valence-corrected chi connectivity index (χ4v) is 2.82. The van der Waals surface area contributed by atoms with Crippen molar-refractivity contribution < 1.29 is 14.7 Å². The largest absolute Gasteiger partial charge is 0.481 e. The van der Waals surface area contributed by atoms with Crippen LogP contribution < -0.4 is 0 Å². The highest BCUT2D eigenvalue weighted by atomic mass is 79.9. The number of benzene rings is 1. The summed E-state index contributed by atoms with van der Waals surface area (Å²) in [5.41, 5.74) is 0.708. The lowest BCUT2D eigenvalue weighted by atomic mass is 9.90. The van der Waals surface area contributed by atoms with Crippen molar-refractivity contribution in [1.29, 1.82) is 0 Å². The van der Waals surface area contributed by atoms with E-state index in [0.29, 0.717) is 18.5 Å². The topological polar surface area (TPSA) is 57.6 Å². The number of hydrogen-bond acceptors (Lipinski definition) is 2. The second kappa shape index (κ2) is 4.96. The summed E-state index contributed by atoms with van der Waals surface area (Å²) in [6.07, 6.45) is 0.504. The van der Waals surface area contributed by atoms with Gasteiger partial charge in [-0.15, -0.1) is 0 Å². The average molecular weight is 326 g/mol. The number of halogens is 1. The van der Waals surface area contributed by atoms with E-state index >= 15 is 0 Å². The maximum atomic E-state index is 12.4. The number of amides is 1. The molecule has 5 heteroatoms. The fraction of sp³-hybridized carbons (Fsp3) is 0.429. The predicted molar refractivity (Wildman–Crippen MR) is 75.1 cm³/mol. The minimum absolute atomic E-state index is 0.0880. The Morgan fingerprint density at radius 3 is 2.63 bits per heavy atom.